The Morgan fingerprint density at radius 2 is 1.78 bits per heavy atom. The maximum atomic E-state index is 12.8. The Morgan fingerprint density at radius 3 is 2.44 bits per heavy atom. The highest BCUT2D eigenvalue weighted by Crippen LogP contribution is 2.27. The number of urea groups is 1. The van der Waals surface area contributed by atoms with Crippen molar-refractivity contribution in [1.29, 1.82) is 0 Å². The van der Waals surface area contributed by atoms with Crippen molar-refractivity contribution in [2.45, 2.75) is 11.8 Å². The fraction of sp³-hybridized carbons (Fsp3) is 0.278. The first kappa shape index (κ1) is 19.5. The van der Waals surface area contributed by atoms with E-state index in [1.807, 2.05) is 0 Å². The number of hydrogen-bond acceptors (Lipinski definition) is 4. The molecule has 2 aromatic rings. The number of para-hydroxylation sites is 1. The summed E-state index contributed by atoms with van der Waals surface area (Å²) in [5.74, 6) is -0.278. The molecule has 1 fully saturated rings. The van der Waals surface area contributed by atoms with E-state index in [9.17, 15) is 18.3 Å². The second-order valence-corrected chi connectivity index (χ2v) is 8.59. The van der Waals surface area contributed by atoms with E-state index in [1.54, 1.807) is 37.3 Å². The highest BCUT2D eigenvalue weighted by atomic mass is 35.5. The number of anilines is 1. The highest BCUT2D eigenvalue weighted by Gasteiger charge is 2.32. The number of piperazine rings is 1. The highest BCUT2D eigenvalue weighted by molar-refractivity contribution is 7.89. The second kappa shape index (κ2) is 7.75. The van der Waals surface area contributed by atoms with Crippen molar-refractivity contribution in [3.63, 3.8) is 0 Å². The minimum Gasteiger partial charge on any atom is -0.507 e. The Labute approximate surface area is 163 Å². The summed E-state index contributed by atoms with van der Waals surface area (Å²) in [4.78, 5) is 13.8. The van der Waals surface area contributed by atoms with Crippen LogP contribution in [0.4, 0.5) is 10.5 Å². The molecule has 0 spiro atoms. The molecule has 1 aliphatic heterocycles. The van der Waals surface area contributed by atoms with Crippen molar-refractivity contribution in [2.75, 3.05) is 31.5 Å². The number of phenolic OH excluding ortho intramolecular Hbond substituents is 1. The van der Waals surface area contributed by atoms with E-state index < -0.39 is 10.0 Å². The van der Waals surface area contributed by atoms with Gasteiger partial charge in [0.1, 0.15) is 10.6 Å². The van der Waals surface area contributed by atoms with Gasteiger partial charge in [-0.15, -0.1) is 0 Å². The number of aryl methyl sites for hydroxylation is 1. The first-order valence-electron chi connectivity index (χ1n) is 8.39. The number of aromatic hydroxyl groups is 1. The summed E-state index contributed by atoms with van der Waals surface area (Å²) in [5, 5.41) is 13.1. The molecule has 0 radical (unpaired) electrons. The maximum Gasteiger partial charge on any atom is 0.321 e. The van der Waals surface area contributed by atoms with Crippen LogP contribution in [0.2, 0.25) is 5.02 Å². The zero-order valence-corrected chi connectivity index (χ0v) is 16.3. The normalized spacial score (nSPS) is 15.6. The summed E-state index contributed by atoms with van der Waals surface area (Å²) in [5.41, 5.74) is 1.24. The molecule has 1 saturated heterocycles. The molecule has 0 aliphatic carbocycles. The van der Waals surface area contributed by atoms with Crippen LogP contribution < -0.4 is 5.32 Å². The molecule has 7 nitrogen and oxygen atoms in total. The molecule has 27 heavy (non-hydrogen) atoms. The van der Waals surface area contributed by atoms with Gasteiger partial charge in [-0.25, -0.2) is 13.2 Å². The quantitative estimate of drug-likeness (QED) is 0.815. The lowest BCUT2D eigenvalue weighted by atomic mass is 10.2. The molecule has 1 aliphatic rings. The van der Waals surface area contributed by atoms with Gasteiger partial charge >= 0.3 is 6.03 Å². The molecule has 3 rings (SSSR count). The Kier molecular flexibility index (Phi) is 5.59. The third-order valence-corrected chi connectivity index (χ3v) is 6.63. The van der Waals surface area contributed by atoms with Crippen LogP contribution in [0.3, 0.4) is 0 Å². The van der Waals surface area contributed by atoms with Crippen molar-refractivity contribution in [3.8, 4) is 5.75 Å². The van der Waals surface area contributed by atoms with Crippen LogP contribution in [0.1, 0.15) is 5.56 Å². The molecular weight excluding hydrogens is 390 g/mol. The van der Waals surface area contributed by atoms with Gasteiger partial charge in [0.15, 0.2) is 0 Å². The molecule has 2 N–H and O–H groups in total. The van der Waals surface area contributed by atoms with Crippen molar-refractivity contribution < 1.29 is 18.3 Å². The summed E-state index contributed by atoms with van der Waals surface area (Å²) >= 11 is 6.04. The molecule has 144 valence electrons. The molecule has 0 unspecified atom stereocenters. The van der Waals surface area contributed by atoms with E-state index in [0.717, 1.165) is 5.56 Å². The van der Waals surface area contributed by atoms with E-state index in [4.69, 9.17) is 11.6 Å². The number of sulfonamides is 1. The van der Waals surface area contributed by atoms with Gasteiger partial charge in [0.25, 0.3) is 0 Å². The number of phenols is 1. The Morgan fingerprint density at radius 1 is 1.11 bits per heavy atom. The van der Waals surface area contributed by atoms with Gasteiger partial charge in [-0.1, -0.05) is 29.8 Å². The predicted molar refractivity (Wildman–Crippen MR) is 104 cm³/mol. The fourth-order valence-electron chi connectivity index (χ4n) is 2.86. The molecule has 0 bridgehead atoms. The van der Waals surface area contributed by atoms with Crippen LogP contribution in [0, 0.1) is 6.92 Å². The lowest BCUT2D eigenvalue weighted by Gasteiger charge is -2.34. The summed E-state index contributed by atoms with van der Waals surface area (Å²) < 4.78 is 26.9. The average Bonchev–Trinajstić information content (AvgIpc) is 2.65. The van der Waals surface area contributed by atoms with Gasteiger partial charge in [0.05, 0.1) is 10.7 Å². The van der Waals surface area contributed by atoms with Gasteiger partial charge in [0.2, 0.25) is 10.0 Å². The van der Waals surface area contributed by atoms with Crippen LogP contribution in [0.25, 0.3) is 0 Å². The van der Waals surface area contributed by atoms with Crippen molar-refractivity contribution in [2.24, 2.45) is 0 Å². The number of halogens is 1. The van der Waals surface area contributed by atoms with Crippen LogP contribution in [0.5, 0.6) is 5.75 Å². The third kappa shape index (κ3) is 4.18. The van der Waals surface area contributed by atoms with E-state index >= 15 is 0 Å². The van der Waals surface area contributed by atoms with Crippen LogP contribution in [-0.4, -0.2) is 54.9 Å². The molecular formula is C18H20ClN3O4S. The monoisotopic (exact) mass is 409 g/mol. The minimum absolute atomic E-state index is 0.114. The number of amides is 2. The van der Waals surface area contributed by atoms with E-state index in [2.05, 4.69) is 5.32 Å². The van der Waals surface area contributed by atoms with Gasteiger partial charge in [-0.05, 0) is 36.8 Å². The van der Waals surface area contributed by atoms with Crippen LogP contribution in [-0.2, 0) is 10.0 Å². The SMILES string of the molecule is Cc1ccc(O)c(S(=O)(=O)N2CCN(C(=O)Nc3ccccc3Cl)CC2)c1. The number of nitrogens with one attached hydrogen (secondary N) is 1. The van der Waals surface area contributed by atoms with Gasteiger partial charge < -0.3 is 15.3 Å². The number of hydrogen-bond donors (Lipinski definition) is 2. The van der Waals surface area contributed by atoms with Gasteiger partial charge in [0, 0.05) is 26.2 Å². The number of rotatable bonds is 3. The molecule has 2 amide bonds. The molecule has 0 saturated carbocycles. The summed E-state index contributed by atoms with van der Waals surface area (Å²) in [6.45, 7) is 2.52. The van der Waals surface area contributed by atoms with Crippen LogP contribution >= 0.6 is 11.6 Å². The molecule has 2 aromatic carbocycles. The molecule has 1 heterocycles. The lowest BCUT2D eigenvalue weighted by Crippen LogP contribution is -2.51. The van der Waals surface area contributed by atoms with Crippen molar-refractivity contribution in [1.82, 2.24) is 9.21 Å². The van der Waals surface area contributed by atoms with E-state index in [-0.39, 0.29) is 42.9 Å². The summed E-state index contributed by atoms with van der Waals surface area (Å²) in [7, 11) is -3.83. The molecule has 9 heteroatoms. The predicted octanol–water partition coefficient (Wildman–Crippen LogP) is 2.89. The number of nitrogens with zero attached hydrogens (tertiary/aromatic N) is 2. The van der Waals surface area contributed by atoms with Crippen LogP contribution in [0.15, 0.2) is 47.4 Å². The smallest absolute Gasteiger partial charge is 0.321 e. The summed E-state index contributed by atoms with van der Waals surface area (Å²) in [6, 6.07) is 11.0. The van der Waals surface area contributed by atoms with Gasteiger partial charge in [-0.3, -0.25) is 0 Å². The standard InChI is InChI=1S/C18H20ClN3O4S/c1-13-6-7-16(23)17(12-13)27(25,26)22-10-8-21(9-11-22)18(24)20-15-5-3-2-4-14(15)19/h2-7,12,23H,8-11H2,1H3,(H,20,24). The zero-order valence-electron chi connectivity index (χ0n) is 14.7. The van der Waals surface area contributed by atoms with E-state index in [1.165, 1.54) is 21.3 Å². The zero-order chi connectivity index (χ0) is 19.6. The Balaban J connectivity index is 1.67. The number of carbonyl (C=O) groups excluding carboxylic acids is 1. The number of benzene rings is 2. The Bertz CT molecular complexity index is 957. The molecule has 0 atom stereocenters. The summed E-state index contributed by atoms with van der Waals surface area (Å²) in [6.07, 6.45) is 0. The third-order valence-electron chi connectivity index (χ3n) is 4.37. The van der Waals surface area contributed by atoms with Gasteiger partial charge in [-0.2, -0.15) is 4.31 Å². The number of carbonyl (C=O) groups is 1. The fourth-order valence-corrected chi connectivity index (χ4v) is 4.63. The average molecular weight is 410 g/mol. The second-order valence-electron chi connectivity index (χ2n) is 6.27. The maximum absolute atomic E-state index is 12.8. The van der Waals surface area contributed by atoms with Crippen molar-refractivity contribution in [3.05, 3.63) is 53.1 Å². The minimum atomic E-state index is -3.83. The first-order valence-corrected chi connectivity index (χ1v) is 10.2. The topological polar surface area (TPSA) is 90.0 Å². The van der Waals surface area contributed by atoms with E-state index in [0.29, 0.717) is 10.7 Å². The van der Waals surface area contributed by atoms with Crippen molar-refractivity contribution >= 4 is 33.3 Å². The largest absolute Gasteiger partial charge is 0.507 e. The molecule has 0 aromatic heterocycles. The first-order chi connectivity index (χ1) is 12.8. The lowest BCUT2D eigenvalue weighted by molar-refractivity contribution is 0.184. The Hall–Kier alpha value is -2.29.